The highest BCUT2D eigenvalue weighted by Crippen LogP contribution is 2.25. The average Bonchev–Trinajstić information content (AvgIpc) is 2.98. The maximum atomic E-state index is 13.5. The van der Waals surface area contributed by atoms with Crippen molar-refractivity contribution in [2.45, 2.75) is 83.5 Å². The van der Waals surface area contributed by atoms with Crippen molar-refractivity contribution in [2.24, 2.45) is 0 Å². The molecule has 2 aliphatic heterocycles. The van der Waals surface area contributed by atoms with Crippen molar-refractivity contribution in [1.82, 2.24) is 25.6 Å². The van der Waals surface area contributed by atoms with Crippen molar-refractivity contribution in [3.63, 3.8) is 0 Å². The van der Waals surface area contributed by atoms with Crippen LogP contribution in [0.3, 0.4) is 0 Å². The summed E-state index contributed by atoms with van der Waals surface area (Å²) in [6.07, 6.45) is 3.27. The van der Waals surface area contributed by atoms with Crippen LogP contribution < -0.4 is 15.4 Å². The Morgan fingerprint density at radius 1 is 1.18 bits per heavy atom. The topological polar surface area (TPSA) is 164 Å². The van der Waals surface area contributed by atoms with Crippen molar-refractivity contribution in [3.8, 4) is 5.75 Å². The highest BCUT2D eigenvalue weighted by Gasteiger charge is 2.45. The van der Waals surface area contributed by atoms with Gasteiger partial charge in [0.2, 0.25) is 17.7 Å². The molecule has 13 heteroatoms. The second kappa shape index (κ2) is 12.7. The van der Waals surface area contributed by atoms with E-state index in [1.165, 1.54) is 18.1 Å². The summed E-state index contributed by atoms with van der Waals surface area (Å²) in [7, 11) is 0. The lowest BCUT2D eigenvalue weighted by atomic mass is 10.0. The number of hydrazine groups is 1. The Hall–Kier alpha value is -4.03. The zero-order valence-electron chi connectivity index (χ0n) is 22.6. The minimum Gasteiger partial charge on any atom is -0.484 e. The molecule has 3 unspecified atom stereocenters. The Balaban J connectivity index is 1.80. The number of pyridine rings is 1. The van der Waals surface area contributed by atoms with E-state index in [2.05, 4.69) is 15.6 Å². The maximum absolute atomic E-state index is 13.5. The average molecular weight is 546 g/mol. The van der Waals surface area contributed by atoms with Crippen LogP contribution in [-0.4, -0.2) is 87.3 Å². The van der Waals surface area contributed by atoms with Gasteiger partial charge in [-0.2, -0.15) is 0 Å². The fraction of sp³-hybridized carbons (Fsp3) is 0.577. The number of rotatable bonds is 9. The molecule has 0 bridgehead atoms. The molecule has 39 heavy (non-hydrogen) atoms. The molecule has 0 radical (unpaired) electrons. The van der Waals surface area contributed by atoms with E-state index in [0.717, 1.165) is 5.01 Å². The normalized spacial score (nSPS) is 20.3. The monoisotopic (exact) mass is 545 g/mol. The van der Waals surface area contributed by atoms with Crippen molar-refractivity contribution in [3.05, 3.63) is 24.5 Å². The second-order valence-electron chi connectivity index (χ2n) is 10.4. The molecule has 13 nitrogen and oxygen atoms in total. The molecule has 1 aromatic rings. The van der Waals surface area contributed by atoms with E-state index in [9.17, 15) is 28.8 Å². The number of hydrogen-bond acceptors (Lipinski definition) is 9. The number of aromatic nitrogens is 1. The third-order valence-electron chi connectivity index (χ3n) is 6.05. The lowest BCUT2D eigenvalue weighted by Gasteiger charge is -2.43. The van der Waals surface area contributed by atoms with Crippen LogP contribution in [0.1, 0.15) is 59.8 Å². The molecule has 2 fully saturated rings. The number of nitrogens with zero attached hydrogens (tertiary/aromatic N) is 3. The van der Waals surface area contributed by atoms with Gasteiger partial charge in [0.15, 0.2) is 5.78 Å². The summed E-state index contributed by atoms with van der Waals surface area (Å²) >= 11 is 0. The number of carbonyl (C=O) groups excluding carboxylic acids is 6. The summed E-state index contributed by atoms with van der Waals surface area (Å²) in [5.74, 6) is -3.07. The van der Waals surface area contributed by atoms with Gasteiger partial charge in [0.1, 0.15) is 36.1 Å². The second-order valence-corrected chi connectivity index (χ2v) is 10.4. The van der Waals surface area contributed by atoms with Crippen LogP contribution in [0, 0.1) is 0 Å². The first-order valence-electron chi connectivity index (χ1n) is 12.8. The van der Waals surface area contributed by atoms with Crippen LogP contribution >= 0.6 is 0 Å². The van der Waals surface area contributed by atoms with Gasteiger partial charge in [-0.25, -0.2) is 5.01 Å². The predicted octanol–water partition coefficient (Wildman–Crippen LogP) is 0.279. The Bertz CT molecular complexity index is 1100. The predicted molar refractivity (Wildman–Crippen MR) is 136 cm³/mol. The molecule has 0 aliphatic carbocycles. The minimum absolute atomic E-state index is 0.0208. The number of esters is 1. The largest absolute Gasteiger partial charge is 0.484 e. The Morgan fingerprint density at radius 2 is 1.92 bits per heavy atom. The Kier molecular flexibility index (Phi) is 9.60. The summed E-state index contributed by atoms with van der Waals surface area (Å²) < 4.78 is 10.8. The zero-order chi connectivity index (χ0) is 28.7. The van der Waals surface area contributed by atoms with E-state index >= 15 is 0 Å². The molecule has 2 aliphatic rings. The van der Waals surface area contributed by atoms with Crippen LogP contribution in [0.25, 0.3) is 0 Å². The molecule has 3 rings (SSSR count). The van der Waals surface area contributed by atoms with E-state index in [1.54, 1.807) is 39.1 Å². The molecule has 0 saturated carbocycles. The van der Waals surface area contributed by atoms with Crippen LogP contribution in [0.15, 0.2) is 24.5 Å². The molecule has 4 amide bonds. The number of fused-ring (bicyclic) bond motifs is 1. The molecule has 1 aromatic heterocycles. The number of hydrogen-bond donors (Lipinski definition) is 2. The number of amides is 4. The fourth-order valence-electron chi connectivity index (χ4n) is 4.40. The molecule has 3 atom stereocenters. The summed E-state index contributed by atoms with van der Waals surface area (Å²) in [6, 6.07) is -0.188. The van der Waals surface area contributed by atoms with E-state index < -0.39 is 66.2 Å². The minimum atomic E-state index is -1.32. The first-order chi connectivity index (χ1) is 18.4. The van der Waals surface area contributed by atoms with Crippen molar-refractivity contribution in [2.75, 3.05) is 13.2 Å². The highest BCUT2D eigenvalue weighted by molar-refractivity contribution is 5.97. The van der Waals surface area contributed by atoms with Gasteiger partial charge in [-0.1, -0.05) is 0 Å². The SMILES string of the molecule is CC(=O)NC1CCC(=O)N2CCCC(C(=O)NC(CC(=O)OC(C)(C)C)C(=O)COc3cccnc3)N2C1=O. The number of nitrogens with one attached hydrogen (secondary N) is 2. The lowest BCUT2D eigenvalue weighted by Crippen LogP contribution is -2.64. The quantitative estimate of drug-likeness (QED) is 0.415. The van der Waals surface area contributed by atoms with Gasteiger partial charge in [-0.05, 0) is 52.2 Å². The van der Waals surface area contributed by atoms with Crippen LogP contribution in [0.4, 0.5) is 0 Å². The number of Topliss-reactive ketones (excluding diaryl/α,β-unsaturated/α-hetero) is 1. The smallest absolute Gasteiger partial charge is 0.308 e. The van der Waals surface area contributed by atoms with Gasteiger partial charge in [-0.3, -0.25) is 38.8 Å². The van der Waals surface area contributed by atoms with Gasteiger partial charge in [0, 0.05) is 26.1 Å². The first-order valence-corrected chi connectivity index (χ1v) is 12.8. The molecule has 212 valence electrons. The van der Waals surface area contributed by atoms with Crippen molar-refractivity contribution >= 4 is 35.4 Å². The van der Waals surface area contributed by atoms with Gasteiger partial charge in [-0.15, -0.1) is 0 Å². The zero-order valence-corrected chi connectivity index (χ0v) is 22.6. The number of ether oxygens (including phenoxy) is 2. The van der Waals surface area contributed by atoms with Crippen LogP contribution in [0.5, 0.6) is 5.75 Å². The van der Waals surface area contributed by atoms with E-state index in [-0.39, 0.29) is 31.7 Å². The number of carbonyl (C=O) groups is 6. The van der Waals surface area contributed by atoms with Crippen LogP contribution in [-0.2, 0) is 33.5 Å². The van der Waals surface area contributed by atoms with Gasteiger partial charge in [0.25, 0.3) is 5.91 Å². The first kappa shape index (κ1) is 29.5. The van der Waals surface area contributed by atoms with Crippen LogP contribution in [0.2, 0.25) is 0 Å². The maximum Gasteiger partial charge on any atom is 0.308 e. The van der Waals surface area contributed by atoms with Gasteiger partial charge < -0.3 is 20.1 Å². The summed E-state index contributed by atoms with van der Waals surface area (Å²) in [6.45, 7) is 6.07. The molecule has 2 N–H and O–H groups in total. The third kappa shape index (κ3) is 8.23. The van der Waals surface area contributed by atoms with Gasteiger partial charge >= 0.3 is 5.97 Å². The van der Waals surface area contributed by atoms with Crippen molar-refractivity contribution < 1.29 is 38.2 Å². The van der Waals surface area contributed by atoms with Crippen molar-refractivity contribution in [1.29, 1.82) is 0 Å². The lowest BCUT2D eigenvalue weighted by molar-refractivity contribution is -0.176. The summed E-state index contributed by atoms with van der Waals surface area (Å²) in [5.41, 5.74) is -0.817. The molecule has 2 saturated heterocycles. The number of ketones is 1. The summed E-state index contributed by atoms with van der Waals surface area (Å²) in [5, 5.41) is 7.44. The third-order valence-corrected chi connectivity index (χ3v) is 6.05. The molecule has 3 heterocycles. The fourth-order valence-corrected chi connectivity index (χ4v) is 4.40. The van der Waals surface area contributed by atoms with Gasteiger partial charge in [0.05, 0.1) is 12.6 Å². The van der Waals surface area contributed by atoms with E-state index in [0.29, 0.717) is 12.2 Å². The standard InChI is InChI=1S/C26H35N5O8/c1-16(32)28-18-9-10-22(34)30-12-6-8-20(31(30)25(18)37)24(36)29-19(13-23(35)39-26(2,3)4)21(33)15-38-17-7-5-11-27-14-17/h5,7,11,14,18-20H,6,8-10,12-13,15H2,1-4H3,(H,28,32)(H,29,36). The van der Waals surface area contributed by atoms with E-state index in [1.807, 2.05) is 0 Å². The Morgan fingerprint density at radius 3 is 2.56 bits per heavy atom. The molecule has 0 aromatic carbocycles. The highest BCUT2D eigenvalue weighted by atomic mass is 16.6. The summed E-state index contributed by atoms with van der Waals surface area (Å²) in [4.78, 5) is 80.9. The molecular weight excluding hydrogens is 510 g/mol. The Labute approximate surface area is 226 Å². The molecule has 0 spiro atoms. The molecular formula is C26H35N5O8. The van der Waals surface area contributed by atoms with E-state index in [4.69, 9.17) is 9.47 Å².